The first-order chi connectivity index (χ1) is 5.91. The maximum atomic E-state index is 11.4. The SMILES string of the molecule is CC(C)N(C)S(=O)(=O)NCCC#N. The fourth-order valence-electron chi connectivity index (χ4n) is 0.615. The van der Waals surface area contributed by atoms with Crippen molar-refractivity contribution in [2.75, 3.05) is 13.6 Å². The molecule has 0 spiro atoms. The van der Waals surface area contributed by atoms with Gasteiger partial charge in [-0.05, 0) is 13.8 Å². The van der Waals surface area contributed by atoms with Crippen LogP contribution >= 0.6 is 0 Å². The lowest BCUT2D eigenvalue weighted by atomic mass is 10.4. The molecule has 0 heterocycles. The van der Waals surface area contributed by atoms with Gasteiger partial charge in [0, 0.05) is 26.1 Å². The van der Waals surface area contributed by atoms with Crippen molar-refractivity contribution in [3.63, 3.8) is 0 Å². The van der Waals surface area contributed by atoms with Crippen LogP contribution in [0.25, 0.3) is 0 Å². The minimum absolute atomic E-state index is 0.0837. The van der Waals surface area contributed by atoms with E-state index in [2.05, 4.69) is 4.72 Å². The zero-order chi connectivity index (χ0) is 10.5. The zero-order valence-corrected chi connectivity index (χ0v) is 8.93. The van der Waals surface area contributed by atoms with Gasteiger partial charge in [0.1, 0.15) is 0 Å². The van der Waals surface area contributed by atoms with Crippen LogP contribution < -0.4 is 4.72 Å². The second-order valence-corrected chi connectivity index (χ2v) is 4.73. The molecule has 0 aromatic carbocycles. The van der Waals surface area contributed by atoms with Crippen LogP contribution in [0.4, 0.5) is 0 Å². The Morgan fingerprint density at radius 1 is 1.54 bits per heavy atom. The van der Waals surface area contributed by atoms with Gasteiger partial charge in [-0.3, -0.25) is 0 Å². The molecule has 13 heavy (non-hydrogen) atoms. The molecule has 0 aliphatic rings. The highest BCUT2D eigenvalue weighted by Gasteiger charge is 2.18. The lowest BCUT2D eigenvalue weighted by Crippen LogP contribution is -2.42. The summed E-state index contributed by atoms with van der Waals surface area (Å²) in [7, 11) is -1.90. The van der Waals surface area contributed by atoms with Crippen LogP contribution in [-0.2, 0) is 10.2 Å². The molecule has 0 amide bonds. The lowest BCUT2D eigenvalue weighted by molar-refractivity contribution is 0.403. The first-order valence-electron chi connectivity index (χ1n) is 4.01. The smallest absolute Gasteiger partial charge is 0.201 e. The molecule has 0 bridgehead atoms. The summed E-state index contributed by atoms with van der Waals surface area (Å²) in [6.07, 6.45) is 0.186. The summed E-state index contributed by atoms with van der Waals surface area (Å²) < 4.78 is 26.2. The summed E-state index contributed by atoms with van der Waals surface area (Å²) >= 11 is 0. The molecule has 76 valence electrons. The monoisotopic (exact) mass is 205 g/mol. The van der Waals surface area contributed by atoms with Crippen LogP contribution in [0.5, 0.6) is 0 Å². The maximum absolute atomic E-state index is 11.4. The third-order valence-corrected chi connectivity index (χ3v) is 3.38. The molecule has 0 aliphatic carbocycles. The zero-order valence-electron chi connectivity index (χ0n) is 8.11. The first kappa shape index (κ1) is 12.4. The van der Waals surface area contributed by atoms with Crippen molar-refractivity contribution in [1.29, 1.82) is 5.26 Å². The van der Waals surface area contributed by atoms with Gasteiger partial charge >= 0.3 is 0 Å². The third kappa shape index (κ3) is 4.22. The van der Waals surface area contributed by atoms with Gasteiger partial charge in [0.25, 0.3) is 10.2 Å². The van der Waals surface area contributed by atoms with Crippen LogP contribution in [-0.4, -0.2) is 32.4 Å². The second kappa shape index (κ2) is 5.17. The maximum Gasteiger partial charge on any atom is 0.279 e. The number of nitriles is 1. The summed E-state index contributed by atoms with van der Waals surface area (Å²) in [5.41, 5.74) is 0. The Morgan fingerprint density at radius 2 is 2.08 bits per heavy atom. The van der Waals surface area contributed by atoms with Gasteiger partial charge < -0.3 is 0 Å². The standard InChI is InChI=1S/C7H15N3O2S/c1-7(2)10(3)13(11,12)9-6-4-5-8/h7,9H,4,6H2,1-3H3. The van der Waals surface area contributed by atoms with Crippen molar-refractivity contribution in [3.05, 3.63) is 0 Å². The van der Waals surface area contributed by atoms with Crippen LogP contribution in [0, 0.1) is 11.3 Å². The predicted octanol–water partition coefficient (Wildman–Crippen LogP) is 0.0747. The second-order valence-electron chi connectivity index (χ2n) is 2.92. The Bertz CT molecular complexity index is 279. The molecule has 0 rings (SSSR count). The summed E-state index contributed by atoms with van der Waals surface area (Å²) in [5.74, 6) is 0. The van der Waals surface area contributed by atoms with Gasteiger partial charge in [0.05, 0.1) is 6.07 Å². The van der Waals surface area contributed by atoms with E-state index in [9.17, 15) is 8.42 Å². The van der Waals surface area contributed by atoms with Gasteiger partial charge in [-0.2, -0.15) is 18.0 Å². The molecule has 5 nitrogen and oxygen atoms in total. The summed E-state index contributed by atoms with van der Waals surface area (Å²) in [4.78, 5) is 0. The Kier molecular flexibility index (Phi) is 4.91. The van der Waals surface area contributed by atoms with Crippen molar-refractivity contribution in [2.24, 2.45) is 0 Å². The average Bonchev–Trinajstić information content (AvgIpc) is 2.03. The van der Waals surface area contributed by atoms with Crippen molar-refractivity contribution in [2.45, 2.75) is 26.3 Å². The molecule has 6 heteroatoms. The molecule has 0 saturated carbocycles. The van der Waals surface area contributed by atoms with E-state index in [0.717, 1.165) is 0 Å². The highest BCUT2D eigenvalue weighted by Crippen LogP contribution is 1.99. The Balaban J connectivity index is 4.18. The number of hydrogen-bond acceptors (Lipinski definition) is 3. The van der Waals surface area contributed by atoms with Crippen molar-refractivity contribution < 1.29 is 8.42 Å². The van der Waals surface area contributed by atoms with Crippen molar-refractivity contribution in [1.82, 2.24) is 9.03 Å². The summed E-state index contributed by atoms with van der Waals surface area (Å²) in [5, 5.41) is 8.21. The van der Waals surface area contributed by atoms with Gasteiger partial charge in [-0.1, -0.05) is 0 Å². The predicted molar refractivity (Wildman–Crippen MR) is 50.1 cm³/mol. The third-order valence-electron chi connectivity index (χ3n) is 1.63. The first-order valence-corrected chi connectivity index (χ1v) is 5.45. The molecule has 0 aromatic heterocycles. The average molecular weight is 205 g/mol. The van der Waals surface area contributed by atoms with Gasteiger partial charge in [-0.15, -0.1) is 0 Å². The quantitative estimate of drug-likeness (QED) is 0.646. The van der Waals surface area contributed by atoms with E-state index in [0.29, 0.717) is 0 Å². The van der Waals surface area contributed by atoms with E-state index in [1.54, 1.807) is 13.8 Å². The Morgan fingerprint density at radius 3 is 2.46 bits per heavy atom. The fourth-order valence-corrected chi connectivity index (χ4v) is 1.73. The highest BCUT2D eigenvalue weighted by molar-refractivity contribution is 7.87. The minimum atomic E-state index is -3.40. The van der Waals surface area contributed by atoms with E-state index in [1.165, 1.54) is 11.4 Å². The fraction of sp³-hybridized carbons (Fsp3) is 0.857. The van der Waals surface area contributed by atoms with Gasteiger partial charge in [-0.25, -0.2) is 4.72 Å². The van der Waals surface area contributed by atoms with Crippen LogP contribution in [0.3, 0.4) is 0 Å². The van der Waals surface area contributed by atoms with Gasteiger partial charge in [0.2, 0.25) is 0 Å². The number of rotatable bonds is 5. The van der Waals surface area contributed by atoms with E-state index in [4.69, 9.17) is 5.26 Å². The van der Waals surface area contributed by atoms with Crippen LogP contribution in [0.2, 0.25) is 0 Å². The van der Waals surface area contributed by atoms with E-state index in [-0.39, 0.29) is 19.0 Å². The van der Waals surface area contributed by atoms with Crippen molar-refractivity contribution in [3.8, 4) is 6.07 Å². The Hall–Kier alpha value is -0.640. The molecule has 0 aromatic rings. The number of nitrogens with zero attached hydrogens (tertiary/aromatic N) is 2. The van der Waals surface area contributed by atoms with E-state index in [1.807, 2.05) is 6.07 Å². The number of hydrogen-bond donors (Lipinski definition) is 1. The molecular formula is C7H15N3O2S. The molecule has 0 fully saturated rings. The lowest BCUT2D eigenvalue weighted by Gasteiger charge is -2.20. The molecule has 0 saturated heterocycles. The topological polar surface area (TPSA) is 73.2 Å². The summed E-state index contributed by atoms with van der Waals surface area (Å²) in [6, 6.07) is 1.78. The molecule has 0 atom stereocenters. The highest BCUT2D eigenvalue weighted by atomic mass is 32.2. The molecule has 0 aliphatic heterocycles. The summed E-state index contributed by atoms with van der Waals surface area (Å²) in [6.45, 7) is 3.73. The minimum Gasteiger partial charge on any atom is -0.201 e. The molecule has 1 N–H and O–H groups in total. The van der Waals surface area contributed by atoms with Crippen LogP contribution in [0.1, 0.15) is 20.3 Å². The molecule has 0 unspecified atom stereocenters. The molecular weight excluding hydrogens is 190 g/mol. The van der Waals surface area contributed by atoms with E-state index >= 15 is 0 Å². The number of nitrogens with one attached hydrogen (secondary N) is 1. The normalized spacial score (nSPS) is 12.0. The van der Waals surface area contributed by atoms with Gasteiger partial charge in [0.15, 0.2) is 0 Å². The van der Waals surface area contributed by atoms with Crippen LogP contribution in [0.15, 0.2) is 0 Å². The van der Waals surface area contributed by atoms with E-state index < -0.39 is 10.2 Å². The molecule has 0 radical (unpaired) electrons. The Labute approximate surface area is 79.5 Å². The largest absolute Gasteiger partial charge is 0.279 e. The van der Waals surface area contributed by atoms with Crippen molar-refractivity contribution >= 4 is 10.2 Å².